The predicted molar refractivity (Wildman–Crippen MR) is 67.0 cm³/mol. The highest BCUT2D eigenvalue weighted by Crippen LogP contribution is 2.11. The zero-order chi connectivity index (χ0) is 13.8. The van der Waals surface area contributed by atoms with Gasteiger partial charge in [0.05, 0.1) is 13.5 Å². The highest BCUT2D eigenvalue weighted by atomic mass is 16.5. The normalized spacial score (nSPS) is 10.7. The smallest absolute Gasteiger partial charge is 0.216 e. The molecule has 0 fully saturated rings. The molecule has 7 nitrogen and oxygen atoms in total. The van der Waals surface area contributed by atoms with Gasteiger partial charge in [-0.25, -0.2) is 19.6 Å². The van der Waals surface area contributed by atoms with Crippen LogP contribution >= 0.6 is 0 Å². The third-order valence-electron chi connectivity index (χ3n) is 2.59. The molecule has 0 N–H and O–H groups in total. The van der Waals surface area contributed by atoms with Gasteiger partial charge in [0, 0.05) is 12.1 Å². The van der Waals surface area contributed by atoms with Gasteiger partial charge in [-0.3, -0.25) is 4.79 Å². The number of carbonyl (C=O) groups excluding carboxylic acids is 1. The van der Waals surface area contributed by atoms with E-state index in [4.69, 9.17) is 4.74 Å². The second-order valence-corrected chi connectivity index (χ2v) is 4.26. The van der Waals surface area contributed by atoms with Crippen LogP contribution in [-0.2, 0) is 6.42 Å². The van der Waals surface area contributed by atoms with Crippen LogP contribution in [0, 0.1) is 0 Å². The molecule has 2 heterocycles. The summed E-state index contributed by atoms with van der Waals surface area (Å²) in [6.45, 7) is 3.97. The van der Waals surface area contributed by atoms with Crippen molar-refractivity contribution < 1.29 is 9.53 Å². The number of hydrogen-bond donors (Lipinski definition) is 0. The molecule has 19 heavy (non-hydrogen) atoms. The van der Waals surface area contributed by atoms with Gasteiger partial charge in [0.25, 0.3) is 0 Å². The Morgan fingerprint density at radius 2 is 2.11 bits per heavy atom. The Labute approximate surface area is 110 Å². The number of methoxy groups -OCH3 is 1. The first-order valence-corrected chi connectivity index (χ1v) is 5.89. The number of ether oxygens (including phenoxy) is 1. The summed E-state index contributed by atoms with van der Waals surface area (Å²) in [5.74, 6) is 0.844. The second kappa shape index (κ2) is 5.55. The number of hydrogen-bond acceptors (Lipinski definition) is 6. The molecule has 0 saturated carbocycles. The van der Waals surface area contributed by atoms with Crippen molar-refractivity contribution in [1.29, 1.82) is 0 Å². The third-order valence-corrected chi connectivity index (χ3v) is 2.59. The van der Waals surface area contributed by atoms with E-state index in [2.05, 4.69) is 20.1 Å². The molecule has 2 rings (SSSR count). The minimum atomic E-state index is -0.143. The molecule has 7 heteroatoms. The lowest BCUT2D eigenvalue weighted by atomic mass is 10.2. The quantitative estimate of drug-likeness (QED) is 0.749. The summed E-state index contributed by atoms with van der Waals surface area (Å²) < 4.78 is 6.68. The van der Waals surface area contributed by atoms with Crippen LogP contribution in [-0.4, -0.2) is 37.6 Å². The predicted octanol–water partition coefficient (Wildman–Crippen LogP) is 1.08. The molecule has 100 valence electrons. The summed E-state index contributed by atoms with van der Waals surface area (Å²) in [5, 5.41) is 4.09. The van der Waals surface area contributed by atoms with Crippen LogP contribution in [0.2, 0.25) is 0 Å². The summed E-state index contributed by atoms with van der Waals surface area (Å²) >= 11 is 0. The first-order valence-electron chi connectivity index (χ1n) is 5.89. The fourth-order valence-corrected chi connectivity index (χ4v) is 1.67. The van der Waals surface area contributed by atoms with Gasteiger partial charge in [-0.05, 0) is 13.8 Å². The van der Waals surface area contributed by atoms with Gasteiger partial charge in [0.1, 0.15) is 24.2 Å². The van der Waals surface area contributed by atoms with Gasteiger partial charge in [-0.15, -0.1) is 0 Å². The summed E-state index contributed by atoms with van der Waals surface area (Å²) in [5.41, 5.74) is 0.310. The maximum absolute atomic E-state index is 12.1. The number of ketones is 1. The maximum Gasteiger partial charge on any atom is 0.216 e. The molecule has 0 atom stereocenters. The monoisotopic (exact) mass is 261 g/mol. The highest BCUT2D eigenvalue weighted by molar-refractivity contribution is 5.95. The Morgan fingerprint density at radius 3 is 2.79 bits per heavy atom. The van der Waals surface area contributed by atoms with Crippen LogP contribution < -0.4 is 4.74 Å². The molecule has 0 spiro atoms. The molecule has 0 unspecified atom stereocenters. The minimum absolute atomic E-state index is 0.143. The first kappa shape index (κ1) is 13.1. The van der Waals surface area contributed by atoms with E-state index < -0.39 is 0 Å². The second-order valence-electron chi connectivity index (χ2n) is 4.26. The van der Waals surface area contributed by atoms with E-state index in [1.165, 1.54) is 25.8 Å². The van der Waals surface area contributed by atoms with Crippen LogP contribution in [0.25, 0.3) is 0 Å². The topological polar surface area (TPSA) is 82.8 Å². The van der Waals surface area contributed by atoms with E-state index in [0.29, 0.717) is 17.4 Å². The van der Waals surface area contributed by atoms with E-state index in [1.54, 1.807) is 4.68 Å². The number of nitrogens with zero attached hydrogens (tertiary/aromatic N) is 5. The highest BCUT2D eigenvalue weighted by Gasteiger charge is 2.15. The average molecular weight is 261 g/mol. The molecule has 0 amide bonds. The third kappa shape index (κ3) is 2.93. The SMILES string of the molecule is COc1cc(C(=O)Cc2ncnn2C(C)C)ncn1. The lowest BCUT2D eigenvalue weighted by Crippen LogP contribution is -2.14. The van der Waals surface area contributed by atoms with Crippen molar-refractivity contribution in [3.8, 4) is 5.88 Å². The standard InChI is InChI=1S/C12H15N5O2/c1-8(2)17-11(14-7-16-17)5-10(18)9-4-12(19-3)15-6-13-9/h4,6-8H,5H2,1-3H3. The molecule has 0 radical (unpaired) electrons. The first-order chi connectivity index (χ1) is 9.11. The Balaban J connectivity index is 2.18. The molecule has 2 aromatic heterocycles. The molecule has 0 aromatic carbocycles. The van der Waals surface area contributed by atoms with Crippen LogP contribution in [0.3, 0.4) is 0 Å². The average Bonchev–Trinajstić information content (AvgIpc) is 2.87. The van der Waals surface area contributed by atoms with Crippen molar-refractivity contribution in [1.82, 2.24) is 24.7 Å². The fraction of sp³-hybridized carbons (Fsp3) is 0.417. The summed E-state index contributed by atoms with van der Waals surface area (Å²) in [7, 11) is 1.49. The molecule has 0 aliphatic rings. The van der Waals surface area contributed by atoms with Crippen LogP contribution in [0.1, 0.15) is 36.2 Å². The molecule has 0 saturated heterocycles. The van der Waals surface area contributed by atoms with Gasteiger partial charge < -0.3 is 4.74 Å². The Bertz CT molecular complexity index is 579. The number of aromatic nitrogens is 5. The van der Waals surface area contributed by atoms with Crippen molar-refractivity contribution >= 4 is 5.78 Å². The Hall–Kier alpha value is -2.31. The zero-order valence-corrected chi connectivity index (χ0v) is 11.1. The van der Waals surface area contributed by atoms with E-state index in [-0.39, 0.29) is 18.2 Å². The van der Waals surface area contributed by atoms with Gasteiger partial charge in [-0.2, -0.15) is 5.10 Å². The van der Waals surface area contributed by atoms with Crippen molar-refractivity contribution in [3.05, 3.63) is 30.2 Å². The molecular formula is C12H15N5O2. The van der Waals surface area contributed by atoms with Gasteiger partial charge in [0.15, 0.2) is 5.78 Å². The molecule has 0 bridgehead atoms. The van der Waals surface area contributed by atoms with E-state index >= 15 is 0 Å². The molecule has 0 aliphatic carbocycles. The lowest BCUT2D eigenvalue weighted by Gasteiger charge is -2.08. The van der Waals surface area contributed by atoms with Crippen LogP contribution in [0.5, 0.6) is 5.88 Å². The number of carbonyl (C=O) groups is 1. The van der Waals surface area contributed by atoms with Gasteiger partial charge in [-0.1, -0.05) is 0 Å². The van der Waals surface area contributed by atoms with Crippen molar-refractivity contribution in [2.24, 2.45) is 0 Å². The largest absolute Gasteiger partial charge is 0.481 e. The Kier molecular flexibility index (Phi) is 3.84. The summed E-state index contributed by atoms with van der Waals surface area (Å²) in [4.78, 5) is 24.0. The molecule has 0 aliphatic heterocycles. The van der Waals surface area contributed by atoms with Crippen molar-refractivity contribution in [2.75, 3.05) is 7.11 Å². The van der Waals surface area contributed by atoms with E-state index in [9.17, 15) is 4.79 Å². The number of rotatable bonds is 5. The van der Waals surface area contributed by atoms with E-state index in [0.717, 1.165) is 0 Å². The maximum atomic E-state index is 12.1. The summed E-state index contributed by atoms with van der Waals surface area (Å²) in [6.07, 6.45) is 2.90. The summed E-state index contributed by atoms with van der Waals surface area (Å²) in [6, 6.07) is 1.67. The van der Waals surface area contributed by atoms with E-state index in [1.807, 2.05) is 13.8 Å². The van der Waals surface area contributed by atoms with Crippen LogP contribution in [0.4, 0.5) is 0 Å². The minimum Gasteiger partial charge on any atom is -0.481 e. The lowest BCUT2D eigenvalue weighted by molar-refractivity contribution is 0.0983. The zero-order valence-electron chi connectivity index (χ0n) is 11.1. The Morgan fingerprint density at radius 1 is 1.32 bits per heavy atom. The van der Waals surface area contributed by atoms with Crippen molar-refractivity contribution in [2.45, 2.75) is 26.3 Å². The van der Waals surface area contributed by atoms with Gasteiger partial charge in [0.2, 0.25) is 5.88 Å². The number of Topliss-reactive ketones (excluding diaryl/α,β-unsaturated/α-hetero) is 1. The van der Waals surface area contributed by atoms with Crippen molar-refractivity contribution in [3.63, 3.8) is 0 Å². The van der Waals surface area contributed by atoms with Gasteiger partial charge >= 0.3 is 0 Å². The van der Waals surface area contributed by atoms with Crippen LogP contribution in [0.15, 0.2) is 18.7 Å². The fourth-order valence-electron chi connectivity index (χ4n) is 1.67. The molecule has 2 aromatic rings. The molecular weight excluding hydrogens is 246 g/mol.